The van der Waals surface area contributed by atoms with Crippen LogP contribution in [0.25, 0.3) is 0 Å². The van der Waals surface area contributed by atoms with Gasteiger partial charge in [-0.1, -0.05) is 13.8 Å². The zero-order chi connectivity index (χ0) is 13.0. The predicted molar refractivity (Wildman–Crippen MR) is 61.0 cm³/mol. The molecule has 4 nitrogen and oxygen atoms in total. The lowest BCUT2D eigenvalue weighted by atomic mass is 10.0. The van der Waals surface area contributed by atoms with Crippen LogP contribution in [0, 0.1) is 23.1 Å². The molecule has 0 spiro atoms. The maximum atomic E-state index is 13.1. The van der Waals surface area contributed by atoms with E-state index in [2.05, 4.69) is 5.32 Å². The van der Waals surface area contributed by atoms with Crippen molar-refractivity contribution in [2.24, 2.45) is 5.92 Å². The third-order valence-corrected chi connectivity index (χ3v) is 2.34. The largest absolute Gasteiger partial charge is 0.480 e. The van der Waals surface area contributed by atoms with E-state index in [9.17, 15) is 9.18 Å². The molecule has 1 aromatic carbocycles. The molecule has 1 aromatic rings. The lowest BCUT2D eigenvalue weighted by Gasteiger charge is -2.19. The van der Waals surface area contributed by atoms with Crippen molar-refractivity contribution < 1.29 is 14.3 Å². The molecule has 1 rings (SSSR count). The summed E-state index contributed by atoms with van der Waals surface area (Å²) in [5.74, 6) is -1.72. The summed E-state index contributed by atoms with van der Waals surface area (Å²) in [7, 11) is 0. The van der Waals surface area contributed by atoms with Crippen LogP contribution < -0.4 is 5.32 Å². The number of halogens is 1. The van der Waals surface area contributed by atoms with Crippen molar-refractivity contribution in [2.75, 3.05) is 5.32 Å². The molecule has 0 saturated heterocycles. The summed E-state index contributed by atoms with van der Waals surface area (Å²) >= 11 is 0. The fourth-order valence-corrected chi connectivity index (χ4v) is 1.39. The van der Waals surface area contributed by atoms with Crippen LogP contribution in [0.15, 0.2) is 18.2 Å². The highest BCUT2D eigenvalue weighted by Gasteiger charge is 2.21. The first-order chi connectivity index (χ1) is 7.95. The van der Waals surface area contributed by atoms with Crippen molar-refractivity contribution in [2.45, 2.75) is 19.9 Å². The molecular formula is C12H13FN2O2. The van der Waals surface area contributed by atoms with E-state index in [1.54, 1.807) is 19.9 Å². The maximum Gasteiger partial charge on any atom is 0.326 e. The van der Waals surface area contributed by atoms with Crippen molar-refractivity contribution in [3.8, 4) is 6.07 Å². The average Bonchev–Trinajstić information content (AvgIpc) is 2.26. The molecule has 1 unspecified atom stereocenters. The Morgan fingerprint density at radius 1 is 1.53 bits per heavy atom. The Labute approximate surface area is 98.7 Å². The predicted octanol–water partition coefficient (Wildman–Crippen LogP) is 2.22. The second-order valence-corrected chi connectivity index (χ2v) is 4.01. The summed E-state index contributed by atoms with van der Waals surface area (Å²) in [6.45, 7) is 3.53. The average molecular weight is 236 g/mol. The zero-order valence-corrected chi connectivity index (χ0v) is 9.57. The molecule has 90 valence electrons. The highest BCUT2D eigenvalue weighted by molar-refractivity contribution is 5.77. The van der Waals surface area contributed by atoms with Crippen molar-refractivity contribution in [3.05, 3.63) is 29.6 Å². The standard InChI is InChI=1S/C12H13FN2O2/c1-7(2)11(12(16)17)15-9-3-4-10(13)8(5-9)6-14/h3-5,7,11,15H,1-2H3,(H,16,17). The van der Waals surface area contributed by atoms with Crippen molar-refractivity contribution in [3.63, 3.8) is 0 Å². The zero-order valence-electron chi connectivity index (χ0n) is 9.57. The number of carboxylic acid groups (broad SMARTS) is 1. The van der Waals surface area contributed by atoms with E-state index >= 15 is 0 Å². The molecule has 0 aliphatic carbocycles. The number of rotatable bonds is 4. The Balaban J connectivity index is 2.95. The second kappa shape index (κ2) is 5.30. The molecule has 0 aliphatic heterocycles. The van der Waals surface area contributed by atoms with Crippen LogP contribution in [0.1, 0.15) is 19.4 Å². The molecule has 0 aliphatic rings. The van der Waals surface area contributed by atoms with Gasteiger partial charge in [0.2, 0.25) is 0 Å². The van der Waals surface area contributed by atoms with E-state index in [0.29, 0.717) is 5.69 Å². The third-order valence-electron chi connectivity index (χ3n) is 2.34. The van der Waals surface area contributed by atoms with E-state index in [1.165, 1.54) is 12.1 Å². The molecule has 0 fully saturated rings. The van der Waals surface area contributed by atoms with Crippen LogP contribution in [-0.2, 0) is 4.79 Å². The number of carboxylic acids is 1. The van der Waals surface area contributed by atoms with Crippen molar-refractivity contribution in [1.82, 2.24) is 0 Å². The summed E-state index contributed by atoms with van der Waals surface area (Å²) in [6, 6.07) is 4.78. The van der Waals surface area contributed by atoms with Crippen molar-refractivity contribution in [1.29, 1.82) is 5.26 Å². The Hall–Kier alpha value is -2.09. The molecular weight excluding hydrogens is 223 g/mol. The van der Waals surface area contributed by atoms with E-state index in [-0.39, 0.29) is 11.5 Å². The summed E-state index contributed by atoms with van der Waals surface area (Å²) in [4.78, 5) is 11.0. The van der Waals surface area contributed by atoms with Crippen LogP contribution >= 0.6 is 0 Å². The Bertz CT molecular complexity index is 466. The first-order valence-corrected chi connectivity index (χ1v) is 5.14. The number of benzene rings is 1. The topological polar surface area (TPSA) is 73.1 Å². The lowest BCUT2D eigenvalue weighted by molar-refractivity contribution is -0.138. The molecule has 0 heterocycles. The number of hydrogen-bond donors (Lipinski definition) is 2. The minimum atomic E-state index is -0.983. The molecule has 0 bridgehead atoms. The van der Waals surface area contributed by atoms with Gasteiger partial charge in [0, 0.05) is 5.69 Å². The number of hydrogen-bond acceptors (Lipinski definition) is 3. The van der Waals surface area contributed by atoms with Gasteiger partial charge >= 0.3 is 5.97 Å². The Morgan fingerprint density at radius 2 is 2.18 bits per heavy atom. The number of nitrogens with zero attached hydrogens (tertiary/aromatic N) is 1. The molecule has 5 heteroatoms. The van der Waals surface area contributed by atoms with Gasteiger partial charge in [0.05, 0.1) is 5.56 Å². The summed E-state index contributed by atoms with van der Waals surface area (Å²) < 4.78 is 13.1. The fourth-order valence-electron chi connectivity index (χ4n) is 1.39. The fraction of sp³-hybridized carbons (Fsp3) is 0.333. The van der Waals surface area contributed by atoms with Gasteiger partial charge in [0.25, 0.3) is 0 Å². The van der Waals surface area contributed by atoms with Gasteiger partial charge in [-0.2, -0.15) is 5.26 Å². The van der Waals surface area contributed by atoms with Gasteiger partial charge in [-0.3, -0.25) is 0 Å². The van der Waals surface area contributed by atoms with Crippen LogP contribution in [0.4, 0.5) is 10.1 Å². The number of nitrogens with one attached hydrogen (secondary N) is 1. The first kappa shape index (κ1) is 13.0. The summed E-state index contributed by atoms with van der Waals surface area (Å²) in [5, 5.41) is 20.4. The summed E-state index contributed by atoms with van der Waals surface area (Å²) in [5.41, 5.74) is 0.312. The Kier molecular flexibility index (Phi) is 4.05. The minimum absolute atomic E-state index is 0.108. The molecule has 17 heavy (non-hydrogen) atoms. The van der Waals surface area contributed by atoms with E-state index < -0.39 is 17.8 Å². The smallest absolute Gasteiger partial charge is 0.326 e. The number of aliphatic carboxylic acids is 1. The van der Waals surface area contributed by atoms with Crippen molar-refractivity contribution >= 4 is 11.7 Å². The number of anilines is 1. The van der Waals surface area contributed by atoms with Crippen LogP contribution in [0.3, 0.4) is 0 Å². The van der Waals surface area contributed by atoms with Crippen LogP contribution in [0.5, 0.6) is 0 Å². The lowest BCUT2D eigenvalue weighted by Crippen LogP contribution is -2.34. The highest BCUT2D eigenvalue weighted by Crippen LogP contribution is 2.17. The number of nitriles is 1. The second-order valence-electron chi connectivity index (χ2n) is 4.01. The highest BCUT2D eigenvalue weighted by atomic mass is 19.1. The Morgan fingerprint density at radius 3 is 2.65 bits per heavy atom. The molecule has 1 atom stereocenters. The monoisotopic (exact) mass is 236 g/mol. The molecule has 0 amide bonds. The van der Waals surface area contributed by atoms with Gasteiger partial charge in [-0.05, 0) is 24.1 Å². The molecule has 0 radical (unpaired) electrons. The van der Waals surface area contributed by atoms with Gasteiger partial charge in [0.15, 0.2) is 0 Å². The van der Waals surface area contributed by atoms with E-state index in [1.807, 2.05) is 0 Å². The van der Waals surface area contributed by atoms with Gasteiger partial charge in [0.1, 0.15) is 17.9 Å². The van der Waals surface area contributed by atoms with E-state index in [0.717, 1.165) is 6.07 Å². The van der Waals surface area contributed by atoms with Crippen LogP contribution in [-0.4, -0.2) is 17.1 Å². The maximum absolute atomic E-state index is 13.1. The number of carbonyl (C=O) groups is 1. The van der Waals surface area contributed by atoms with Gasteiger partial charge in [-0.25, -0.2) is 9.18 Å². The summed E-state index contributed by atoms with van der Waals surface area (Å²) in [6.07, 6.45) is 0. The van der Waals surface area contributed by atoms with Crippen LogP contribution in [0.2, 0.25) is 0 Å². The molecule has 0 aromatic heterocycles. The minimum Gasteiger partial charge on any atom is -0.480 e. The third kappa shape index (κ3) is 3.18. The first-order valence-electron chi connectivity index (χ1n) is 5.14. The SMILES string of the molecule is CC(C)C(Nc1ccc(F)c(C#N)c1)C(=O)O. The quantitative estimate of drug-likeness (QED) is 0.840. The van der Waals surface area contributed by atoms with Gasteiger partial charge < -0.3 is 10.4 Å². The molecule has 2 N–H and O–H groups in total. The van der Waals surface area contributed by atoms with E-state index in [4.69, 9.17) is 10.4 Å². The normalized spacial score (nSPS) is 11.9. The van der Waals surface area contributed by atoms with Gasteiger partial charge in [-0.15, -0.1) is 0 Å². The molecule has 0 saturated carbocycles.